The van der Waals surface area contributed by atoms with Crippen LogP contribution >= 0.6 is 11.8 Å². The van der Waals surface area contributed by atoms with Crippen LogP contribution in [-0.4, -0.2) is 33.8 Å². The van der Waals surface area contributed by atoms with Crippen LogP contribution in [0.5, 0.6) is 0 Å². The summed E-state index contributed by atoms with van der Waals surface area (Å²) in [5, 5.41) is 13.1. The molecule has 1 aromatic heterocycles. The van der Waals surface area contributed by atoms with Gasteiger partial charge in [0, 0.05) is 17.8 Å². The van der Waals surface area contributed by atoms with Crippen LogP contribution in [0.2, 0.25) is 0 Å². The van der Waals surface area contributed by atoms with Gasteiger partial charge in [0.15, 0.2) is 0 Å². The van der Waals surface area contributed by atoms with Gasteiger partial charge in [-0.3, -0.25) is 4.79 Å². The number of amides is 1. The van der Waals surface area contributed by atoms with E-state index in [1.807, 2.05) is 32.9 Å². The first-order valence-corrected chi connectivity index (χ1v) is 9.73. The molecule has 0 bridgehead atoms. The van der Waals surface area contributed by atoms with Gasteiger partial charge in [-0.1, -0.05) is 50.4 Å². The number of aliphatic hydroxyl groups is 1. The van der Waals surface area contributed by atoms with Gasteiger partial charge < -0.3 is 15.3 Å². The molecule has 0 saturated carbocycles. The number of hydrogen-bond donors (Lipinski definition) is 2. The van der Waals surface area contributed by atoms with E-state index in [4.69, 9.17) is 0 Å². The highest BCUT2D eigenvalue weighted by atomic mass is 32.2. The van der Waals surface area contributed by atoms with Gasteiger partial charge in [0.25, 0.3) is 5.91 Å². The maximum atomic E-state index is 12.2. The van der Waals surface area contributed by atoms with Crippen molar-refractivity contribution in [3.8, 4) is 0 Å². The smallest absolute Gasteiger partial charge is 0.259 e. The first-order chi connectivity index (χ1) is 12.9. The fraction of sp³-hybridized carbons (Fsp3) is 0.350. The molecule has 1 aliphatic heterocycles. The summed E-state index contributed by atoms with van der Waals surface area (Å²) in [6.07, 6.45) is 1.59. The molecule has 0 unspecified atom stereocenters. The third-order valence-electron chi connectivity index (χ3n) is 4.54. The van der Waals surface area contributed by atoms with Crippen molar-refractivity contribution in [3.63, 3.8) is 0 Å². The predicted molar refractivity (Wildman–Crippen MR) is 108 cm³/mol. The van der Waals surface area contributed by atoms with Gasteiger partial charge in [-0.05, 0) is 30.9 Å². The molecule has 3 rings (SSSR count). The second-order valence-electron chi connectivity index (χ2n) is 6.85. The van der Waals surface area contributed by atoms with Crippen LogP contribution in [-0.2, 0) is 11.2 Å². The van der Waals surface area contributed by atoms with Gasteiger partial charge in [0.2, 0.25) is 0 Å². The molecule has 0 spiro atoms. The number of para-hydroxylation sites is 1. The lowest BCUT2D eigenvalue weighted by molar-refractivity contribution is -0.120. The SMILES string of the molecule is C=C(Sc1ncnc(N2CCc3ccccc32)c1C)C(=O)N[C@H](O)C(C)C. The van der Waals surface area contributed by atoms with E-state index < -0.39 is 12.1 Å². The van der Waals surface area contributed by atoms with Crippen molar-refractivity contribution in [2.45, 2.75) is 38.4 Å². The number of fused-ring (bicyclic) bond motifs is 1. The first-order valence-electron chi connectivity index (χ1n) is 8.91. The number of benzene rings is 1. The number of thioether (sulfide) groups is 1. The minimum absolute atomic E-state index is 0.0747. The fourth-order valence-electron chi connectivity index (χ4n) is 2.90. The average molecular weight is 385 g/mol. The van der Waals surface area contributed by atoms with Crippen LogP contribution in [0.25, 0.3) is 0 Å². The topological polar surface area (TPSA) is 78.4 Å². The van der Waals surface area contributed by atoms with E-state index in [9.17, 15) is 9.90 Å². The highest BCUT2D eigenvalue weighted by Gasteiger charge is 2.24. The Morgan fingerprint density at radius 3 is 2.81 bits per heavy atom. The molecule has 0 fully saturated rings. The standard InChI is InChI=1S/C20H24N4O2S/c1-12(2)18(25)23-19(26)14(4)27-20-13(3)17(21-11-22-20)24-10-9-15-7-5-6-8-16(15)24/h5-8,11-12,18,25H,4,9-10H2,1-3H3,(H,23,26)/t18-/m1/s1. The molecular weight excluding hydrogens is 360 g/mol. The molecule has 1 aliphatic rings. The van der Waals surface area contributed by atoms with Crippen LogP contribution < -0.4 is 10.2 Å². The number of hydrogen-bond acceptors (Lipinski definition) is 6. The van der Waals surface area contributed by atoms with Crippen LogP contribution in [0.1, 0.15) is 25.0 Å². The van der Waals surface area contributed by atoms with E-state index in [-0.39, 0.29) is 10.8 Å². The van der Waals surface area contributed by atoms with Gasteiger partial charge in [-0.15, -0.1) is 0 Å². The van der Waals surface area contributed by atoms with Gasteiger partial charge >= 0.3 is 0 Å². The van der Waals surface area contributed by atoms with E-state index in [1.54, 1.807) is 0 Å². The zero-order valence-electron chi connectivity index (χ0n) is 15.8. The second kappa shape index (κ2) is 8.10. The maximum absolute atomic E-state index is 12.2. The van der Waals surface area contributed by atoms with Crippen LogP contribution in [0.3, 0.4) is 0 Å². The molecular formula is C20H24N4O2S. The number of carbonyl (C=O) groups excluding carboxylic acids is 1. The summed E-state index contributed by atoms with van der Waals surface area (Å²) in [4.78, 5) is 23.5. The third kappa shape index (κ3) is 4.14. The summed E-state index contributed by atoms with van der Waals surface area (Å²) in [6, 6.07) is 8.30. The van der Waals surface area contributed by atoms with Crippen molar-refractivity contribution in [1.82, 2.24) is 15.3 Å². The molecule has 2 N–H and O–H groups in total. The number of rotatable bonds is 6. The average Bonchev–Trinajstić information content (AvgIpc) is 3.07. The molecule has 6 nitrogen and oxygen atoms in total. The van der Waals surface area contributed by atoms with Gasteiger partial charge in [0.1, 0.15) is 23.4 Å². The van der Waals surface area contributed by atoms with Crippen molar-refractivity contribution >= 4 is 29.2 Å². The van der Waals surface area contributed by atoms with Crippen molar-refractivity contribution in [2.75, 3.05) is 11.4 Å². The third-order valence-corrected chi connectivity index (χ3v) is 5.57. The Morgan fingerprint density at radius 1 is 1.33 bits per heavy atom. The minimum Gasteiger partial charge on any atom is -0.373 e. The molecule has 142 valence electrons. The van der Waals surface area contributed by atoms with Crippen molar-refractivity contribution in [2.24, 2.45) is 5.92 Å². The predicted octanol–water partition coefficient (Wildman–Crippen LogP) is 3.18. The Morgan fingerprint density at radius 2 is 2.07 bits per heavy atom. The number of nitrogens with one attached hydrogen (secondary N) is 1. The Bertz CT molecular complexity index is 869. The number of aromatic nitrogens is 2. The quantitative estimate of drug-likeness (QED) is 0.345. The van der Waals surface area contributed by atoms with Crippen molar-refractivity contribution in [3.05, 3.63) is 53.2 Å². The number of aliphatic hydroxyl groups excluding tert-OH is 1. The molecule has 0 radical (unpaired) electrons. The van der Waals surface area contributed by atoms with E-state index >= 15 is 0 Å². The minimum atomic E-state index is -0.905. The molecule has 7 heteroatoms. The molecule has 2 heterocycles. The van der Waals surface area contributed by atoms with Crippen molar-refractivity contribution in [1.29, 1.82) is 0 Å². The Labute approximate surface area is 163 Å². The van der Waals surface area contributed by atoms with E-state index in [0.717, 1.165) is 30.0 Å². The largest absolute Gasteiger partial charge is 0.373 e. The Balaban J connectivity index is 1.78. The van der Waals surface area contributed by atoms with Gasteiger partial charge in [0.05, 0.1) is 4.91 Å². The lowest BCUT2D eigenvalue weighted by Gasteiger charge is -2.21. The van der Waals surface area contributed by atoms with Gasteiger partial charge in [-0.2, -0.15) is 0 Å². The summed E-state index contributed by atoms with van der Waals surface area (Å²) in [7, 11) is 0. The molecule has 2 aromatic rings. The fourth-order valence-corrected chi connectivity index (χ4v) is 3.63. The highest BCUT2D eigenvalue weighted by molar-refractivity contribution is 8.04. The van der Waals surface area contributed by atoms with E-state index in [1.165, 1.54) is 23.7 Å². The van der Waals surface area contributed by atoms with E-state index in [0.29, 0.717) is 5.03 Å². The molecule has 0 aliphatic carbocycles. The van der Waals surface area contributed by atoms with Crippen LogP contribution in [0.15, 0.2) is 47.1 Å². The summed E-state index contributed by atoms with van der Waals surface area (Å²) < 4.78 is 0. The Kier molecular flexibility index (Phi) is 5.82. The summed E-state index contributed by atoms with van der Waals surface area (Å²) in [5.74, 6) is 0.370. The summed E-state index contributed by atoms with van der Waals surface area (Å²) >= 11 is 1.19. The lowest BCUT2D eigenvalue weighted by Crippen LogP contribution is -2.38. The molecule has 1 aromatic carbocycles. The normalized spacial score (nSPS) is 14.2. The summed E-state index contributed by atoms with van der Waals surface area (Å²) in [5.41, 5.74) is 3.36. The lowest BCUT2D eigenvalue weighted by atomic mass is 10.2. The Hall–Kier alpha value is -2.38. The zero-order valence-corrected chi connectivity index (χ0v) is 16.6. The number of nitrogens with zero attached hydrogens (tertiary/aromatic N) is 3. The maximum Gasteiger partial charge on any atom is 0.259 e. The monoisotopic (exact) mass is 384 g/mol. The molecule has 0 saturated heterocycles. The number of carbonyl (C=O) groups is 1. The number of anilines is 2. The van der Waals surface area contributed by atoms with Crippen LogP contribution in [0, 0.1) is 12.8 Å². The van der Waals surface area contributed by atoms with Crippen molar-refractivity contribution < 1.29 is 9.90 Å². The highest BCUT2D eigenvalue weighted by Crippen LogP contribution is 2.37. The second-order valence-corrected chi connectivity index (χ2v) is 7.93. The van der Waals surface area contributed by atoms with Crippen LogP contribution in [0.4, 0.5) is 11.5 Å². The molecule has 27 heavy (non-hydrogen) atoms. The van der Waals surface area contributed by atoms with E-state index in [2.05, 4.69) is 38.9 Å². The summed E-state index contributed by atoms with van der Waals surface area (Å²) in [6.45, 7) is 10.3. The molecule has 1 atom stereocenters. The molecule has 1 amide bonds. The zero-order chi connectivity index (χ0) is 19.6. The van der Waals surface area contributed by atoms with Gasteiger partial charge in [-0.25, -0.2) is 9.97 Å². The first kappa shape index (κ1) is 19.4.